The van der Waals surface area contributed by atoms with Gasteiger partial charge in [0.05, 0.1) is 6.54 Å². The van der Waals surface area contributed by atoms with Crippen molar-refractivity contribution in [3.8, 4) is 0 Å². The number of carbonyl (C=O) groups is 1. The van der Waals surface area contributed by atoms with Gasteiger partial charge in [-0.05, 0) is 29.8 Å². The third-order valence-electron chi connectivity index (χ3n) is 2.52. The lowest BCUT2D eigenvalue weighted by molar-refractivity contribution is 0.0921. The van der Waals surface area contributed by atoms with Crippen LogP contribution in [0.5, 0.6) is 0 Å². The zero-order valence-corrected chi connectivity index (χ0v) is 9.95. The van der Waals surface area contributed by atoms with Crippen molar-refractivity contribution in [2.45, 2.75) is 13.1 Å². The molecule has 0 spiro atoms. The Hall–Kier alpha value is -2.21. The molecule has 4 nitrogen and oxygen atoms in total. The molecule has 2 rings (SSSR count). The van der Waals surface area contributed by atoms with Gasteiger partial charge in [-0.25, -0.2) is 8.78 Å². The third kappa shape index (κ3) is 3.17. The molecule has 0 saturated carbocycles. The number of benzene rings is 1. The SMILES string of the molecule is NCc1ccc(C(=O)NCc2ccc(F)c(F)c2)o1. The predicted molar refractivity (Wildman–Crippen MR) is 64.1 cm³/mol. The number of nitrogens with two attached hydrogens (primary N) is 1. The Labute approximate surface area is 108 Å². The van der Waals surface area contributed by atoms with Crippen molar-refractivity contribution in [3.05, 3.63) is 59.1 Å². The van der Waals surface area contributed by atoms with Gasteiger partial charge in [0.1, 0.15) is 5.76 Å². The predicted octanol–water partition coefficient (Wildman–Crippen LogP) is 1.95. The largest absolute Gasteiger partial charge is 0.455 e. The molecule has 3 N–H and O–H groups in total. The zero-order chi connectivity index (χ0) is 13.8. The van der Waals surface area contributed by atoms with E-state index in [1.807, 2.05) is 0 Å². The first kappa shape index (κ1) is 13.2. The van der Waals surface area contributed by atoms with Crippen LogP contribution in [-0.4, -0.2) is 5.91 Å². The molecule has 1 amide bonds. The van der Waals surface area contributed by atoms with E-state index in [0.29, 0.717) is 11.3 Å². The molecule has 0 aliphatic heterocycles. The van der Waals surface area contributed by atoms with Gasteiger partial charge in [0.15, 0.2) is 17.4 Å². The quantitative estimate of drug-likeness (QED) is 0.888. The lowest BCUT2D eigenvalue weighted by atomic mass is 10.2. The van der Waals surface area contributed by atoms with E-state index in [2.05, 4.69) is 5.32 Å². The lowest BCUT2D eigenvalue weighted by Gasteiger charge is -2.04. The summed E-state index contributed by atoms with van der Waals surface area (Å²) in [5, 5.41) is 2.54. The molecule has 1 heterocycles. The normalized spacial score (nSPS) is 10.5. The molecule has 0 fully saturated rings. The van der Waals surface area contributed by atoms with Crippen LogP contribution < -0.4 is 11.1 Å². The monoisotopic (exact) mass is 266 g/mol. The summed E-state index contributed by atoms with van der Waals surface area (Å²) in [6.45, 7) is 0.283. The van der Waals surface area contributed by atoms with Gasteiger partial charge in [0.2, 0.25) is 0 Å². The molecule has 6 heteroatoms. The van der Waals surface area contributed by atoms with Crippen LogP contribution >= 0.6 is 0 Å². The highest BCUT2D eigenvalue weighted by atomic mass is 19.2. The van der Waals surface area contributed by atoms with Crippen molar-refractivity contribution >= 4 is 5.91 Å². The highest BCUT2D eigenvalue weighted by molar-refractivity contribution is 5.91. The van der Waals surface area contributed by atoms with E-state index in [0.717, 1.165) is 12.1 Å². The van der Waals surface area contributed by atoms with Crippen molar-refractivity contribution in [2.24, 2.45) is 5.73 Å². The van der Waals surface area contributed by atoms with Crippen molar-refractivity contribution in [2.75, 3.05) is 0 Å². The van der Waals surface area contributed by atoms with E-state index in [9.17, 15) is 13.6 Å². The van der Waals surface area contributed by atoms with Gasteiger partial charge in [-0.3, -0.25) is 4.79 Å². The fourth-order valence-corrected chi connectivity index (χ4v) is 1.53. The Bertz CT molecular complexity index is 596. The van der Waals surface area contributed by atoms with Crippen LogP contribution in [0, 0.1) is 11.6 Å². The average molecular weight is 266 g/mol. The number of carbonyl (C=O) groups excluding carboxylic acids is 1. The van der Waals surface area contributed by atoms with E-state index in [-0.39, 0.29) is 18.8 Å². The Balaban J connectivity index is 1.98. The molecule has 2 aromatic rings. The molecule has 1 aromatic heterocycles. The van der Waals surface area contributed by atoms with Crippen LogP contribution in [0.15, 0.2) is 34.7 Å². The first-order valence-corrected chi connectivity index (χ1v) is 5.61. The molecule has 0 aliphatic rings. The second-order valence-electron chi connectivity index (χ2n) is 3.90. The summed E-state index contributed by atoms with van der Waals surface area (Å²) in [5.74, 6) is -1.69. The number of furan rings is 1. The Morgan fingerprint density at radius 2 is 2.00 bits per heavy atom. The summed E-state index contributed by atoms with van der Waals surface area (Å²) in [6, 6.07) is 6.54. The van der Waals surface area contributed by atoms with E-state index in [1.54, 1.807) is 6.07 Å². The maximum absolute atomic E-state index is 13.0. The molecule has 0 atom stereocenters. The fraction of sp³-hybridized carbons (Fsp3) is 0.154. The minimum atomic E-state index is -0.949. The smallest absolute Gasteiger partial charge is 0.287 e. The van der Waals surface area contributed by atoms with Gasteiger partial charge in [0.25, 0.3) is 5.91 Å². The molecule has 1 aromatic carbocycles. The van der Waals surface area contributed by atoms with Gasteiger partial charge >= 0.3 is 0 Å². The number of amides is 1. The lowest BCUT2D eigenvalue weighted by Crippen LogP contribution is -2.22. The third-order valence-corrected chi connectivity index (χ3v) is 2.52. The maximum atomic E-state index is 13.0. The Kier molecular flexibility index (Phi) is 3.91. The highest BCUT2D eigenvalue weighted by Crippen LogP contribution is 2.10. The average Bonchev–Trinajstić information content (AvgIpc) is 2.88. The number of hydrogen-bond acceptors (Lipinski definition) is 3. The topological polar surface area (TPSA) is 68.3 Å². The van der Waals surface area contributed by atoms with Crippen LogP contribution in [0.4, 0.5) is 8.78 Å². The maximum Gasteiger partial charge on any atom is 0.287 e. The van der Waals surface area contributed by atoms with E-state index >= 15 is 0 Å². The Morgan fingerprint density at radius 3 is 2.63 bits per heavy atom. The van der Waals surface area contributed by atoms with Crippen molar-refractivity contribution in [1.29, 1.82) is 0 Å². The number of nitrogens with one attached hydrogen (secondary N) is 1. The molecule has 0 saturated heterocycles. The van der Waals surface area contributed by atoms with Gasteiger partial charge < -0.3 is 15.5 Å². The summed E-state index contributed by atoms with van der Waals surface area (Å²) < 4.78 is 30.8. The summed E-state index contributed by atoms with van der Waals surface area (Å²) >= 11 is 0. The second kappa shape index (κ2) is 5.62. The molecular weight excluding hydrogens is 254 g/mol. The van der Waals surface area contributed by atoms with Crippen molar-refractivity contribution in [1.82, 2.24) is 5.32 Å². The van der Waals surface area contributed by atoms with Crippen LogP contribution in [0.2, 0.25) is 0 Å². The van der Waals surface area contributed by atoms with E-state index in [4.69, 9.17) is 10.2 Å². The summed E-state index contributed by atoms with van der Waals surface area (Å²) in [4.78, 5) is 11.7. The van der Waals surface area contributed by atoms with E-state index < -0.39 is 17.5 Å². The van der Waals surface area contributed by atoms with Gasteiger partial charge in [-0.15, -0.1) is 0 Å². The molecular formula is C13H12F2N2O2. The fourth-order valence-electron chi connectivity index (χ4n) is 1.53. The standard InChI is InChI=1S/C13H12F2N2O2/c14-10-3-1-8(5-11(10)15)7-17-13(18)12-4-2-9(6-16)19-12/h1-5H,6-7,16H2,(H,17,18). The van der Waals surface area contributed by atoms with Crippen molar-refractivity contribution in [3.63, 3.8) is 0 Å². The molecule has 0 aliphatic carbocycles. The number of hydrogen-bond donors (Lipinski definition) is 2. The molecule has 19 heavy (non-hydrogen) atoms. The summed E-state index contributed by atoms with van der Waals surface area (Å²) in [5.41, 5.74) is 5.81. The Morgan fingerprint density at radius 1 is 1.21 bits per heavy atom. The minimum absolute atomic E-state index is 0.0781. The number of halogens is 2. The van der Waals surface area contributed by atoms with Crippen LogP contribution in [0.3, 0.4) is 0 Å². The summed E-state index contributed by atoms with van der Waals surface area (Å²) in [7, 11) is 0. The first-order chi connectivity index (χ1) is 9.10. The van der Waals surface area contributed by atoms with Crippen molar-refractivity contribution < 1.29 is 18.0 Å². The van der Waals surface area contributed by atoms with Crippen LogP contribution in [0.25, 0.3) is 0 Å². The van der Waals surface area contributed by atoms with Gasteiger partial charge in [-0.2, -0.15) is 0 Å². The summed E-state index contributed by atoms with van der Waals surface area (Å²) in [6.07, 6.45) is 0. The second-order valence-corrected chi connectivity index (χ2v) is 3.90. The molecule has 0 radical (unpaired) electrons. The number of rotatable bonds is 4. The van der Waals surface area contributed by atoms with E-state index in [1.165, 1.54) is 12.1 Å². The molecule has 0 bridgehead atoms. The van der Waals surface area contributed by atoms with Gasteiger partial charge in [0, 0.05) is 6.54 Å². The highest BCUT2D eigenvalue weighted by Gasteiger charge is 2.10. The minimum Gasteiger partial charge on any atom is -0.455 e. The van der Waals surface area contributed by atoms with Gasteiger partial charge in [-0.1, -0.05) is 6.07 Å². The first-order valence-electron chi connectivity index (χ1n) is 5.61. The molecule has 0 unspecified atom stereocenters. The van der Waals surface area contributed by atoms with Crippen LogP contribution in [0.1, 0.15) is 21.9 Å². The van der Waals surface area contributed by atoms with Crippen LogP contribution in [-0.2, 0) is 13.1 Å². The zero-order valence-electron chi connectivity index (χ0n) is 9.95. The molecule has 100 valence electrons.